The van der Waals surface area contributed by atoms with Crippen molar-refractivity contribution in [3.8, 4) is 6.07 Å². The molecule has 0 unspecified atom stereocenters. The normalized spacial score (nSPS) is 11.9. The largest absolute Gasteiger partial charge is 0.480 e. The van der Waals surface area contributed by atoms with E-state index in [-0.39, 0.29) is 23.0 Å². The predicted octanol–water partition coefficient (Wildman–Crippen LogP) is 2.54. The fourth-order valence-corrected chi connectivity index (χ4v) is 2.17. The number of pyridine rings is 1. The van der Waals surface area contributed by atoms with Gasteiger partial charge in [0.05, 0.1) is 22.1 Å². The zero-order chi connectivity index (χ0) is 17.1. The maximum atomic E-state index is 11.3. The van der Waals surface area contributed by atoms with Crippen molar-refractivity contribution >= 4 is 28.4 Å². The summed E-state index contributed by atoms with van der Waals surface area (Å²) in [5.41, 5.74) is 0.432. The van der Waals surface area contributed by atoms with Crippen molar-refractivity contribution in [3.63, 3.8) is 0 Å². The molecule has 8 nitrogen and oxygen atoms in total. The van der Waals surface area contributed by atoms with E-state index in [4.69, 9.17) is 0 Å². The molecule has 1 heterocycles. The highest BCUT2D eigenvalue weighted by Crippen LogP contribution is 2.25. The first-order valence-electron chi connectivity index (χ1n) is 6.82. The van der Waals surface area contributed by atoms with E-state index in [9.17, 15) is 25.3 Å². The number of benzene rings is 1. The third-order valence-corrected chi connectivity index (χ3v) is 3.36. The number of fused-ring (bicyclic) bond motifs is 1. The summed E-state index contributed by atoms with van der Waals surface area (Å²) >= 11 is 0. The summed E-state index contributed by atoms with van der Waals surface area (Å²) in [6.45, 7) is 3.50. The molecule has 1 aromatic heterocycles. The van der Waals surface area contributed by atoms with E-state index >= 15 is 0 Å². The highest BCUT2D eigenvalue weighted by molar-refractivity contribution is 5.88. The van der Waals surface area contributed by atoms with E-state index in [2.05, 4.69) is 10.3 Å². The van der Waals surface area contributed by atoms with Gasteiger partial charge in [-0.25, -0.2) is 9.78 Å². The number of nitro groups is 1. The molecule has 0 aliphatic carbocycles. The first-order valence-corrected chi connectivity index (χ1v) is 6.82. The number of anilines is 1. The highest BCUT2D eigenvalue weighted by Gasteiger charge is 2.22. The Labute approximate surface area is 131 Å². The summed E-state index contributed by atoms with van der Waals surface area (Å²) in [4.78, 5) is 25.8. The van der Waals surface area contributed by atoms with Crippen LogP contribution in [-0.4, -0.2) is 27.0 Å². The molecule has 0 fully saturated rings. The molecule has 0 saturated carbocycles. The van der Waals surface area contributed by atoms with Crippen LogP contribution in [0, 0.1) is 27.4 Å². The Balaban J connectivity index is 2.52. The monoisotopic (exact) mass is 314 g/mol. The van der Waals surface area contributed by atoms with Crippen molar-refractivity contribution in [2.24, 2.45) is 5.92 Å². The lowest BCUT2D eigenvalue weighted by molar-refractivity contribution is -0.384. The van der Waals surface area contributed by atoms with E-state index in [1.54, 1.807) is 13.8 Å². The van der Waals surface area contributed by atoms with Gasteiger partial charge in [-0.05, 0) is 18.1 Å². The number of nitrogens with zero attached hydrogens (tertiary/aromatic N) is 3. The topological polar surface area (TPSA) is 129 Å². The summed E-state index contributed by atoms with van der Waals surface area (Å²) in [5.74, 6) is -0.972. The summed E-state index contributed by atoms with van der Waals surface area (Å²) in [7, 11) is 0. The van der Waals surface area contributed by atoms with Crippen molar-refractivity contribution in [1.29, 1.82) is 5.26 Å². The smallest absolute Gasteiger partial charge is 0.326 e. The molecule has 0 radical (unpaired) electrons. The molecule has 8 heteroatoms. The number of carboxylic acid groups (broad SMARTS) is 1. The van der Waals surface area contributed by atoms with E-state index in [1.165, 1.54) is 24.3 Å². The second-order valence-corrected chi connectivity index (χ2v) is 5.33. The molecule has 0 spiro atoms. The number of rotatable bonds is 5. The van der Waals surface area contributed by atoms with Crippen LogP contribution in [-0.2, 0) is 4.79 Å². The van der Waals surface area contributed by atoms with Crippen LogP contribution in [0.3, 0.4) is 0 Å². The van der Waals surface area contributed by atoms with Crippen LogP contribution in [0.2, 0.25) is 0 Å². The maximum absolute atomic E-state index is 11.3. The Morgan fingerprint density at radius 3 is 2.65 bits per heavy atom. The van der Waals surface area contributed by atoms with Gasteiger partial charge in [-0.1, -0.05) is 13.8 Å². The molecule has 2 rings (SSSR count). The molecule has 0 amide bonds. The highest BCUT2D eigenvalue weighted by atomic mass is 16.6. The van der Waals surface area contributed by atoms with Crippen LogP contribution < -0.4 is 5.32 Å². The number of carbonyl (C=O) groups is 1. The Morgan fingerprint density at radius 1 is 1.43 bits per heavy atom. The van der Waals surface area contributed by atoms with Crippen LogP contribution in [0.15, 0.2) is 24.3 Å². The minimum Gasteiger partial charge on any atom is -0.480 e. The summed E-state index contributed by atoms with van der Waals surface area (Å²) in [6.07, 6.45) is 0. The molecule has 0 saturated heterocycles. The lowest BCUT2D eigenvalue weighted by Gasteiger charge is -2.18. The van der Waals surface area contributed by atoms with Gasteiger partial charge in [0, 0.05) is 17.5 Å². The Morgan fingerprint density at radius 2 is 2.13 bits per heavy atom. The molecule has 2 N–H and O–H groups in total. The molecule has 23 heavy (non-hydrogen) atoms. The van der Waals surface area contributed by atoms with Crippen molar-refractivity contribution < 1.29 is 14.8 Å². The van der Waals surface area contributed by atoms with Gasteiger partial charge in [0.2, 0.25) is 0 Å². The first kappa shape index (κ1) is 16.2. The van der Waals surface area contributed by atoms with Gasteiger partial charge in [0.15, 0.2) is 0 Å². The molecule has 0 aliphatic rings. The number of aromatic nitrogens is 1. The summed E-state index contributed by atoms with van der Waals surface area (Å²) in [6, 6.07) is 6.50. The third-order valence-electron chi connectivity index (χ3n) is 3.36. The number of hydrogen-bond acceptors (Lipinski definition) is 6. The van der Waals surface area contributed by atoms with Gasteiger partial charge in [-0.2, -0.15) is 5.26 Å². The zero-order valence-corrected chi connectivity index (χ0v) is 12.5. The fraction of sp³-hybridized carbons (Fsp3) is 0.267. The van der Waals surface area contributed by atoms with Crippen LogP contribution in [0.1, 0.15) is 19.4 Å². The number of aliphatic carboxylic acids is 1. The number of carboxylic acids is 1. The number of nitro benzene ring substituents is 1. The van der Waals surface area contributed by atoms with Crippen molar-refractivity contribution in [2.45, 2.75) is 19.9 Å². The molecular formula is C15H14N4O4. The molecular weight excluding hydrogens is 300 g/mol. The number of nitrogens with one attached hydrogen (secondary N) is 1. The molecule has 0 bridgehead atoms. The average molecular weight is 314 g/mol. The van der Waals surface area contributed by atoms with Crippen LogP contribution in [0.5, 0.6) is 0 Å². The van der Waals surface area contributed by atoms with Gasteiger partial charge >= 0.3 is 5.97 Å². The van der Waals surface area contributed by atoms with Crippen molar-refractivity contribution in [2.75, 3.05) is 5.32 Å². The summed E-state index contributed by atoms with van der Waals surface area (Å²) in [5, 5.41) is 32.4. The second kappa shape index (κ2) is 6.27. The van der Waals surface area contributed by atoms with Gasteiger partial charge in [0.25, 0.3) is 5.69 Å². The third kappa shape index (κ3) is 3.35. The summed E-state index contributed by atoms with van der Waals surface area (Å²) < 4.78 is 0. The van der Waals surface area contributed by atoms with Crippen LogP contribution in [0.4, 0.5) is 11.5 Å². The SMILES string of the molecule is CC(C)[C@@H](Nc1cc(C#N)c2cc([N+](=O)[O-])ccc2n1)C(=O)O. The standard InChI is InChI=1S/C15H14N4O4/c1-8(2)14(15(20)21)18-13-5-9(7-16)11-6-10(19(22)23)3-4-12(11)17-13/h3-6,8,14H,1-2H3,(H,17,18)(H,20,21)/t14-/m1/s1. The number of hydrogen-bond donors (Lipinski definition) is 2. The molecule has 0 aliphatic heterocycles. The lowest BCUT2D eigenvalue weighted by Crippen LogP contribution is -2.34. The second-order valence-electron chi connectivity index (χ2n) is 5.33. The van der Waals surface area contributed by atoms with Gasteiger partial charge < -0.3 is 10.4 Å². The quantitative estimate of drug-likeness (QED) is 0.640. The fourth-order valence-electron chi connectivity index (χ4n) is 2.17. The Bertz CT molecular complexity index is 826. The molecule has 2 aromatic rings. The van der Waals surface area contributed by atoms with E-state index in [0.29, 0.717) is 10.9 Å². The van der Waals surface area contributed by atoms with E-state index in [1.807, 2.05) is 6.07 Å². The first-order chi connectivity index (χ1) is 10.8. The van der Waals surface area contributed by atoms with E-state index in [0.717, 1.165) is 0 Å². The maximum Gasteiger partial charge on any atom is 0.326 e. The minimum absolute atomic E-state index is 0.137. The van der Waals surface area contributed by atoms with E-state index < -0.39 is 16.9 Å². The van der Waals surface area contributed by atoms with Gasteiger partial charge in [-0.15, -0.1) is 0 Å². The van der Waals surface area contributed by atoms with Gasteiger partial charge in [-0.3, -0.25) is 10.1 Å². The minimum atomic E-state index is -1.02. The molecule has 1 atom stereocenters. The Hall–Kier alpha value is -3.21. The number of nitriles is 1. The number of non-ortho nitro benzene ring substituents is 1. The lowest BCUT2D eigenvalue weighted by atomic mass is 10.0. The van der Waals surface area contributed by atoms with Crippen LogP contribution >= 0.6 is 0 Å². The average Bonchev–Trinajstić information content (AvgIpc) is 2.50. The zero-order valence-electron chi connectivity index (χ0n) is 12.5. The predicted molar refractivity (Wildman–Crippen MR) is 83.0 cm³/mol. The van der Waals surface area contributed by atoms with Crippen LogP contribution in [0.25, 0.3) is 10.9 Å². The Kier molecular flexibility index (Phi) is 4.41. The van der Waals surface area contributed by atoms with Gasteiger partial charge in [0.1, 0.15) is 11.9 Å². The van der Waals surface area contributed by atoms with Crippen molar-refractivity contribution in [1.82, 2.24) is 4.98 Å². The molecule has 1 aromatic carbocycles. The van der Waals surface area contributed by atoms with Crippen molar-refractivity contribution in [3.05, 3.63) is 39.9 Å². The molecule has 118 valence electrons.